The Morgan fingerprint density at radius 1 is 1.15 bits per heavy atom. The first-order valence-corrected chi connectivity index (χ1v) is 13.4. The molecular weight excluding hydrogens is 798 g/mol. The molecule has 0 saturated carbocycles. The number of amides is 2. The molecule has 3 aliphatic rings. The van der Waals surface area contributed by atoms with Crippen LogP contribution >= 0.6 is 11.6 Å². The van der Waals surface area contributed by atoms with Gasteiger partial charge in [0.25, 0.3) is 6.47 Å². The van der Waals surface area contributed by atoms with E-state index >= 15 is 0 Å². The smallest absolute Gasteiger partial charge is 1.00 e. The maximum Gasteiger partial charge on any atom is 1.00 e. The van der Waals surface area contributed by atoms with Gasteiger partial charge in [0.15, 0.2) is 0 Å². The van der Waals surface area contributed by atoms with E-state index in [1.54, 1.807) is 23.0 Å². The SMILES string of the molecule is CN(Cc1cnc(C2CCOCC2)[nH]1)C(=O)CCl.CN1Cc2cnc(C3CCOCC3)n2CC1=O.O=CO[O-].[Cs+].[Cs+].[H-]. The number of rotatable bonds is 6. The van der Waals surface area contributed by atoms with Crippen LogP contribution < -0.4 is 143 Å². The second-order valence-corrected chi connectivity index (χ2v) is 9.85. The second kappa shape index (κ2) is 21.8. The molecule has 0 atom stereocenters. The summed E-state index contributed by atoms with van der Waals surface area (Å²) in [5.41, 5.74) is 2.09. The summed E-state index contributed by atoms with van der Waals surface area (Å²) < 4.78 is 12.8. The van der Waals surface area contributed by atoms with Crippen molar-refractivity contribution in [3.8, 4) is 0 Å². The topological polar surface area (TPSA) is 155 Å². The van der Waals surface area contributed by atoms with Gasteiger partial charge in [-0.2, -0.15) is 0 Å². The molecule has 16 heteroatoms. The van der Waals surface area contributed by atoms with E-state index in [2.05, 4.69) is 24.4 Å². The number of aromatic amines is 1. The molecule has 2 fully saturated rings. The zero-order chi connectivity index (χ0) is 28.2. The number of hydrogen-bond acceptors (Lipinski definition) is 9. The minimum Gasteiger partial charge on any atom is -1.00 e. The standard InChI is InChI=1S/C12H18ClN3O2.C12H17N3O2.CH2O3.2Cs.H/c1-16(11(17)6-13)8-10-7-14-12(15-10)9-2-4-18-5-3-9;1-14-7-10-6-13-12(15(10)8-11(14)16)9-2-4-17-5-3-9;2-1-4-3;;;/h7,9H,2-6,8H2,1H3,(H,14,15);6,9H,2-5,7-8H2,1H3;1,3H;;;/q;;;2*+1;-1/p-1. The van der Waals surface area contributed by atoms with E-state index in [1.807, 2.05) is 13.2 Å². The molecule has 218 valence electrons. The number of halogens is 1. The van der Waals surface area contributed by atoms with Crippen molar-refractivity contribution in [1.29, 1.82) is 0 Å². The molecule has 41 heavy (non-hydrogen) atoms. The van der Waals surface area contributed by atoms with E-state index in [1.165, 1.54) is 0 Å². The number of carbonyl (C=O) groups excluding carboxylic acids is 3. The van der Waals surface area contributed by atoms with Gasteiger partial charge in [0.2, 0.25) is 11.8 Å². The summed E-state index contributed by atoms with van der Waals surface area (Å²) in [6, 6.07) is 0. The number of likely N-dealkylation sites (N-methyl/N-ethyl adjacent to an activating group) is 1. The van der Waals surface area contributed by atoms with Crippen molar-refractivity contribution in [3.05, 3.63) is 35.4 Å². The minimum atomic E-state index is -0.181. The van der Waals surface area contributed by atoms with Crippen molar-refractivity contribution in [2.45, 2.75) is 57.2 Å². The second-order valence-electron chi connectivity index (χ2n) is 9.59. The summed E-state index contributed by atoms with van der Waals surface area (Å²) >= 11 is 5.51. The molecule has 2 aromatic heterocycles. The summed E-state index contributed by atoms with van der Waals surface area (Å²) in [5, 5.41) is 8.43. The number of H-pyrrole nitrogens is 1. The third-order valence-electron chi connectivity index (χ3n) is 6.92. The fourth-order valence-corrected chi connectivity index (χ4v) is 4.89. The predicted octanol–water partition coefficient (Wildman–Crippen LogP) is -5.19. The van der Waals surface area contributed by atoms with Gasteiger partial charge in [0.1, 0.15) is 24.1 Å². The van der Waals surface area contributed by atoms with Crippen molar-refractivity contribution >= 4 is 29.9 Å². The summed E-state index contributed by atoms with van der Waals surface area (Å²) in [4.78, 5) is 49.9. The Morgan fingerprint density at radius 2 is 1.73 bits per heavy atom. The number of imidazole rings is 2. The Bertz CT molecular complexity index is 1080. The van der Waals surface area contributed by atoms with Crippen LogP contribution in [-0.4, -0.2) is 94.0 Å². The van der Waals surface area contributed by atoms with Crippen LogP contribution in [0.4, 0.5) is 0 Å². The van der Waals surface area contributed by atoms with Gasteiger partial charge in [-0.1, -0.05) is 0 Å². The van der Waals surface area contributed by atoms with Gasteiger partial charge < -0.3 is 40.4 Å². The zero-order valence-corrected chi connectivity index (χ0v) is 37.7. The summed E-state index contributed by atoms with van der Waals surface area (Å²) in [6.45, 7) is 4.66. The summed E-state index contributed by atoms with van der Waals surface area (Å²) in [7, 11) is 3.58. The monoisotopic (exact) mass is 834 g/mol. The first-order valence-electron chi connectivity index (χ1n) is 12.9. The molecule has 2 aromatic rings. The number of nitrogens with one attached hydrogen (secondary N) is 1. The maximum absolute atomic E-state index is 11.7. The van der Waals surface area contributed by atoms with E-state index < -0.39 is 0 Å². The average molecular weight is 835 g/mol. The van der Waals surface area contributed by atoms with Gasteiger partial charge in [-0.05, 0) is 25.7 Å². The first kappa shape index (κ1) is 40.1. The van der Waals surface area contributed by atoms with E-state index in [0.29, 0.717) is 31.5 Å². The number of alkyl halides is 1. The summed E-state index contributed by atoms with van der Waals surface area (Å²) in [6.07, 6.45) is 7.74. The number of aromatic nitrogens is 4. The number of hydrogen-bond donors (Lipinski definition) is 1. The Kier molecular flexibility index (Phi) is 21.3. The molecule has 0 bridgehead atoms. The van der Waals surface area contributed by atoms with Crippen molar-refractivity contribution in [3.63, 3.8) is 0 Å². The van der Waals surface area contributed by atoms with Gasteiger partial charge in [0, 0.05) is 52.4 Å². The van der Waals surface area contributed by atoms with Crippen LogP contribution in [0.15, 0.2) is 12.4 Å². The van der Waals surface area contributed by atoms with Crippen molar-refractivity contribution in [1.82, 2.24) is 29.3 Å². The zero-order valence-electron chi connectivity index (χ0n) is 25.3. The molecule has 0 spiro atoms. The quantitative estimate of drug-likeness (QED) is 0.130. The average Bonchev–Trinajstić information content (AvgIpc) is 3.61. The molecule has 5 heterocycles. The molecule has 2 saturated heterocycles. The molecule has 3 aliphatic heterocycles. The van der Waals surface area contributed by atoms with Gasteiger partial charge in [0.05, 0.1) is 36.9 Å². The minimum absolute atomic E-state index is 0. The Balaban J connectivity index is 0.000000669. The van der Waals surface area contributed by atoms with Crippen LogP contribution in [0.1, 0.15) is 62.0 Å². The van der Waals surface area contributed by atoms with Crippen LogP contribution in [-0.2, 0) is 48.4 Å². The molecule has 0 aliphatic carbocycles. The van der Waals surface area contributed by atoms with Crippen LogP contribution in [0.25, 0.3) is 0 Å². The Labute approximate surface area is 364 Å². The van der Waals surface area contributed by atoms with Crippen LogP contribution in [0, 0.1) is 0 Å². The number of nitrogens with zero attached hydrogens (tertiary/aromatic N) is 5. The van der Waals surface area contributed by atoms with Crippen molar-refractivity contribution in [2.75, 3.05) is 46.4 Å². The van der Waals surface area contributed by atoms with Gasteiger partial charge in [-0.15, -0.1) is 11.6 Å². The fraction of sp³-hybridized carbons (Fsp3) is 0.640. The van der Waals surface area contributed by atoms with Gasteiger partial charge in [-0.3, -0.25) is 14.4 Å². The number of fused-ring (bicyclic) bond motifs is 1. The predicted molar refractivity (Wildman–Crippen MR) is 138 cm³/mol. The number of ether oxygens (including phenoxy) is 2. The van der Waals surface area contributed by atoms with E-state index in [-0.39, 0.29) is 163 Å². The maximum atomic E-state index is 11.7. The van der Waals surface area contributed by atoms with Crippen LogP contribution in [0.5, 0.6) is 0 Å². The van der Waals surface area contributed by atoms with E-state index in [4.69, 9.17) is 31.1 Å². The third-order valence-corrected chi connectivity index (χ3v) is 7.15. The van der Waals surface area contributed by atoms with Gasteiger partial charge in [-0.25, -0.2) is 9.97 Å². The van der Waals surface area contributed by atoms with Gasteiger partial charge >= 0.3 is 138 Å². The molecule has 1 N–H and O–H groups in total. The largest absolute Gasteiger partial charge is 1.00 e. The Morgan fingerprint density at radius 3 is 2.29 bits per heavy atom. The Hall–Kier alpha value is 1.10. The van der Waals surface area contributed by atoms with Crippen LogP contribution in [0.2, 0.25) is 0 Å². The van der Waals surface area contributed by atoms with E-state index in [9.17, 15) is 9.59 Å². The molecule has 13 nitrogen and oxygen atoms in total. The molecule has 0 aromatic carbocycles. The van der Waals surface area contributed by atoms with Crippen molar-refractivity contribution in [2.24, 2.45) is 0 Å². The first-order chi connectivity index (χ1) is 18.9. The summed E-state index contributed by atoms with van der Waals surface area (Å²) in [5.74, 6) is 3.07. The van der Waals surface area contributed by atoms with E-state index in [0.717, 1.165) is 75.1 Å². The molecule has 5 rings (SSSR count). The van der Waals surface area contributed by atoms with Crippen LogP contribution in [0.3, 0.4) is 0 Å². The third kappa shape index (κ3) is 12.8. The molecule has 2 amide bonds. The molecule has 0 radical (unpaired) electrons. The van der Waals surface area contributed by atoms with Crippen molar-refractivity contribution < 1.29 is 173 Å². The fourth-order valence-electron chi connectivity index (χ4n) is 4.69. The normalized spacial score (nSPS) is 16.9. The molecular formula is C25H37ClCs2N6O7. The molecule has 0 unspecified atom stereocenters. The number of carbonyl (C=O) groups is 3.